The van der Waals surface area contributed by atoms with Gasteiger partial charge in [0.05, 0.1) is 12.0 Å². The molecule has 1 fully saturated rings. The number of hydrogen-bond acceptors (Lipinski definition) is 3. The van der Waals surface area contributed by atoms with Crippen molar-refractivity contribution in [2.75, 3.05) is 7.11 Å². The minimum atomic E-state index is -0.610. The van der Waals surface area contributed by atoms with Gasteiger partial charge in [0.1, 0.15) is 0 Å². The molecule has 3 unspecified atom stereocenters. The molecule has 1 aromatic carbocycles. The standard InChI is InChI=1S/C15H18N2O2/c1-19-14(11-6-3-2-4-7-11)15(18)17-13-9-5-8-12(13)10-16/h2-4,6-7,12-14H,5,8-9H2,1H3,(H,17,18). The van der Waals surface area contributed by atoms with Gasteiger partial charge in [-0.1, -0.05) is 30.3 Å². The second kappa shape index (κ2) is 6.35. The van der Waals surface area contributed by atoms with E-state index in [4.69, 9.17) is 10.00 Å². The van der Waals surface area contributed by atoms with E-state index in [9.17, 15) is 4.79 Å². The van der Waals surface area contributed by atoms with Crippen LogP contribution in [-0.2, 0) is 9.53 Å². The van der Waals surface area contributed by atoms with E-state index in [2.05, 4.69) is 11.4 Å². The molecule has 0 spiro atoms. The zero-order valence-corrected chi connectivity index (χ0v) is 11.0. The quantitative estimate of drug-likeness (QED) is 0.900. The summed E-state index contributed by atoms with van der Waals surface area (Å²) in [4.78, 5) is 12.2. The predicted octanol–water partition coefficient (Wildman–Crippen LogP) is 2.18. The van der Waals surface area contributed by atoms with Crippen molar-refractivity contribution >= 4 is 5.91 Å². The minimum absolute atomic E-state index is 0.0427. The lowest BCUT2D eigenvalue weighted by molar-refractivity contribution is -0.132. The maximum atomic E-state index is 12.2. The Bertz CT molecular complexity index is 467. The number of nitriles is 1. The van der Waals surface area contributed by atoms with Crippen LogP contribution in [0.4, 0.5) is 0 Å². The number of carbonyl (C=O) groups excluding carboxylic acids is 1. The average molecular weight is 258 g/mol. The largest absolute Gasteiger partial charge is 0.367 e. The molecule has 100 valence electrons. The molecule has 19 heavy (non-hydrogen) atoms. The number of rotatable bonds is 4. The van der Waals surface area contributed by atoms with E-state index in [1.807, 2.05) is 30.3 Å². The summed E-state index contributed by atoms with van der Waals surface area (Å²) in [7, 11) is 1.52. The number of amides is 1. The Hall–Kier alpha value is -1.86. The smallest absolute Gasteiger partial charge is 0.254 e. The lowest BCUT2D eigenvalue weighted by atomic mass is 10.0. The van der Waals surface area contributed by atoms with Crippen LogP contribution in [0.2, 0.25) is 0 Å². The zero-order valence-electron chi connectivity index (χ0n) is 11.0. The van der Waals surface area contributed by atoms with E-state index >= 15 is 0 Å². The topological polar surface area (TPSA) is 62.1 Å². The first-order valence-electron chi connectivity index (χ1n) is 6.54. The molecule has 0 aromatic heterocycles. The fourth-order valence-corrected chi connectivity index (χ4v) is 2.57. The monoisotopic (exact) mass is 258 g/mol. The van der Waals surface area contributed by atoms with Crippen molar-refractivity contribution in [3.05, 3.63) is 35.9 Å². The van der Waals surface area contributed by atoms with E-state index in [0.717, 1.165) is 24.8 Å². The van der Waals surface area contributed by atoms with Crippen LogP contribution in [0.1, 0.15) is 30.9 Å². The molecular weight excluding hydrogens is 240 g/mol. The van der Waals surface area contributed by atoms with Gasteiger partial charge >= 0.3 is 0 Å². The molecule has 2 rings (SSSR count). The highest BCUT2D eigenvalue weighted by Gasteiger charge is 2.31. The summed E-state index contributed by atoms with van der Waals surface area (Å²) >= 11 is 0. The van der Waals surface area contributed by atoms with E-state index in [0.29, 0.717) is 0 Å². The zero-order chi connectivity index (χ0) is 13.7. The van der Waals surface area contributed by atoms with Crippen molar-refractivity contribution < 1.29 is 9.53 Å². The molecule has 1 aliphatic carbocycles. The molecule has 0 radical (unpaired) electrons. The van der Waals surface area contributed by atoms with Gasteiger partial charge in [-0.25, -0.2) is 0 Å². The van der Waals surface area contributed by atoms with Crippen LogP contribution in [0.25, 0.3) is 0 Å². The van der Waals surface area contributed by atoms with Crippen molar-refractivity contribution in [3.63, 3.8) is 0 Å². The van der Waals surface area contributed by atoms with Gasteiger partial charge in [-0.2, -0.15) is 5.26 Å². The number of nitrogens with one attached hydrogen (secondary N) is 1. The van der Waals surface area contributed by atoms with Gasteiger partial charge < -0.3 is 10.1 Å². The SMILES string of the molecule is COC(C(=O)NC1CCCC1C#N)c1ccccc1. The molecule has 4 nitrogen and oxygen atoms in total. The summed E-state index contributed by atoms with van der Waals surface area (Å²) in [5.74, 6) is -0.238. The molecule has 1 aliphatic rings. The third-order valence-electron chi connectivity index (χ3n) is 3.59. The minimum Gasteiger partial charge on any atom is -0.367 e. The van der Waals surface area contributed by atoms with Gasteiger partial charge in [-0.3, -0.25) is 4.79 Å². The molecule has 1 aromatic rings. The van der Waals surface area contributed by atoms with E-state index in [1.165, 1.54) is 7.11 Å². The third kappa shape index (κ3) is 3.12. The van der Waals surface area contributed by atoms with Gasteiger partial charge in [0.15, 0.2) is 6.10 Å². The fourth-order valence-electron chi connectivity index (χ4n) is 2.57. The Morgan fingerprint density at radius 2 is 2.16 bits per heavy atom. The van der Waals surface area contributed by atoms with Crippen LogP contribution in [0.3, 0.4) is 0 Å². The highest BCUT2D eigenvalue weighted by atomic mass is 16.5. The second-order valence-electron chi connectivity index (χ2n) is 4.81. The van der Waals surface area contributed by atoms with E-state index in [-0.39, 0.29) is 17.9 Å². The van der Waals surface area contributed by atoms with Gasteiger partial charge in [0.2, 0.25) is 0 Å². The second-order valence-corrected chi connectivity index (χ2v) is 4.81. The van der Waals surface area contributed by atoms with Crippen LogP contribution < -0.4 is 5.32 Å². The molecule has 0 aliphatic heterocycles. The number of ether oxygens (including phenoxy) is 1. The van der Waals surface area contributed by atoms with E-state index < -0.39 is 6.10 Å². The Morgan fingerprint density at radius 3 is 2.79 bits per heavy atom. The third-order valence-corrected chi connectivity index (χ3v) is 3.59. The molecule has 1 saturated carbocycles. The molecule has 3 atom stereocenters. The Kier molecular flexibility index (Phi) is 4.53. The molecule has 4 heteroatoms. The van der Waals surface area contributed by atoms with Crippen LogP contribution in [0, 0.1) is 17.2 Å². The molecule has 0 heterocycles. The molecule has 1 N–H and O–H groups in total. The lowest BCUT2D eigenvalue weighted by Gasteiger charge is -2.20. The predicted molar refractivity (Wildman–Crippen MR) is 71.1 cm³/mol. The van der Waals surface area contributed by atoms with Crippen molar-refractivity contribution in [1.29, 1.82) is 5.26 Å². The van der Waals surface area contributed by atoms with Gasteiger partial charge in [0, 0.05) is 13.2 Å². The van der Waals surface area contributed by atoms with Crippen LogP contribution in [-0.4, -0.2) is 19.1 Å². The maximum absolute atomic E-state index is 12.2. The summed E-state index contributed by atoms with van der Waals surface area (Å²) in [5.41, 5.74) is 0.828. The Morgan fingerprint density at radius 1 is 1.42 bits per heavy atom. The Labute approximate surface area is 113 Å². The van der Waals surface area contributed by atoms with E-state index in [1.54, 1.807) is 0 Å². The lowest BCUT2D eigenvalue weighted by Crippen LogP contribution is -2.40. The van der Waals surface area contributed by atoms with Crippen LogP contribution >= 0.6 is 0 Å². The van der Waals surface area contributed by atoms with Crippen molar-refractivity contribution in [2.24, 2.45) is 5.92 Å². The highest BCUT2D eigenvalue weighted by Crippen LogP contribution is 2.26. The number of nitrogens with zero attached hydrogens (tertiary/aromatic N) is 1. The number of benzene rings is 1. The summed E-state index contributed by atoms with van der Waals surface area (Å²) < 4.78 is 5.28. The first kappa shape index (κ1) is 13.6. The summed E-state index contributed by atoms with van der Waals surface area (Å²) in [6, 6.07) is 11.6. The van der Waals surface area contributed by atoms with Crippen LogP contribution in [0.5, 0.6) is 0 Å². The van der Waals surface area contributed by atoms with Crippen molar-refractivity contribution in [1.82, 2.24) is 5.32 Å². The normalized spacial score (nSPS) is 23.6. The summed E-state index contributed by atoms with van der Waals surface area (Å²) in [5, 5.41) is 12.0. The fraction of sp³-hybridized carbons (Fsp3) is 0.467. The first-order chi connectivity index (χ1) is 9.26. The molecule has 1 amide bonds. The maximum Gasteiger partial charge on any atom is 0.254 e. The van der Waals surface area contributed by atoms with Crippen molar-refractivity contribution in [3.8, 4) is 6.07 Å². The van der Waals surface area contributed by atoms with Gasteiger partial charge in [-0.05, 0) is 24.8 Å². The first-order valence-corrected chi connectivity index (χ1v) is 6.54. The number of carbonyl (C=O) groups is 1. The molecule has 0 saturated heterocycles. The molecule has 0 bridgehead atoms. The molecular formula is C15H18N2O2. The Balaban J connectivity index is 2.04. The average Bonchev–Trinajstić information content (AvgIpc) is 2.88. The van der Waals surface area contributed by atoms with Crippen LogP contribution in [0.15, 0.2) is 30.3 Å². The van der Waals surface area contributed by atoms with Crippen molar-refractivity contribution in [2.45, 2.75) is 31.4 Å². The van der Waals surface area contributed by atoms with Gasteiger partial charge in [-0.15, -0.1) is 0 Å². The number of methoxy groups -OCH3 is 1. The summed E-state index contributed by atoms with van der Waals surface area (Å²) in [6.45, 7) is 0. The summed E-state index contributed by atoms with van der Waals surface area (Å²) in [6.07, 6.45) is 2.12. The number of hydrogen-bond donors (Lipinski definition) is 1. The highest BCUT2D eigenvalue weighted by molar-refractivity contribution is 5.82. The van der Waals surface area contributed by atoms with Gasteiger partial charge in [0.25, 0.3) is 5.91 Å².